The molecule has 0 aliphatic carbocycles. The van der Waals surface area contributed by atoms with E-state index in [0.717, 1.165) is 19.4 Å². The Hall–Kier alpha value is -1.39. The van der Waals surface area contributed by atoms with Gasteiger partial charge in [-0.25, -0.2) is 4.79 Å². The van der Waals surface area contributed by atoms with E-state index in [0.29, 0.717) is 12.2 Å². The number of aliphatic hydroxyl groups excluding tert-OH is 1. The molecule has 17 heavy (non-hydrogen) atoms. The van der Waals surface area contributed by atoms with Crippen molar-refractivity contribution in [1.82, 2.24) is 0 Å². The van der Waals surface area contributed by atoms with Crippen molar-refractivity contribution in [2.45, 2.75) is 19.8 Å². The van der Waals surface area contributed by atoms with Gasteiger partial charge in [-0.05, 0) is 18.6 Å². The summed E-state index contributed by atoms with van der Waals surface area (Å²) in [5, 5.41) is 16.6. The minimum Gasteiger partial charge on any atom is -0.478 e. The zero-order valence-electron chi connectivity index (χ0n) is 10.1. The molecule has 4 heteroatoms. The van der Waals surface area contributed by atoms with Crippen LogP contribution >= 0.6 is 0 Å². The maximum atomic E-state index is 10.2. The summed E-state index contributed by atoms with van der Waals surface area (Å²) in [7, 11) is 0. The Morgan fingerprint density at radius 2 is 1.88 bits per heavy atom. The first kappa shape index (κ1) is 15.6. The van der Waals surface area contributed by atoms with Crippen molar-refractivity contribution >= 4 is 5.97 Å². The Morgan fingerprint density at radius 3 is 2.29 bits per heavy atom. The normalized spacial score (nSPS) is 9.29. The number of aromatic carboxylic acids is 1. The molecule has 0 aliphatic heterocycles. The SMILES string of the molecule is CCCCOCCO.O=C(O)c1ccccc1. The van der Waals surface area contributed by atoms with Gasteiger partial charge in [0, 0.05) is 6.61 Å². The summed E-state index contributed by atoms with van der Waals surface area (Å²) in [6.45, 7) is 3.53. The smallest absolute Gasteiger partial charge is 0.335 e. The maximum absolute atomic E-state index is 10.2. The van der Waals surface area contributed by atoms with Crippen LogP contribution < -0.4 is 0 Å². The molecule has 96 valence electrons. The fraction of sp³-hybridized carbons (Fsp3) is 0.462. The van der Waals surface area contributed by atoms with Crippen molar-refractivity contribution in [3.63, 3.8) is 0 Å². The topological polar surface area (TPSA) is 66.8 Å². The molecule has 0 radical (unpaired) electrons. The third kappa shape index (κ3) is 9.53. The van der Waals surface area contributed by atoms with Crippen LogP contribution in [0.25, 0.3) is 0 Å². The number of carboxylic acids is 1. The highest BCUT2D eigenvalue weighted by Gasteiger charge is 1.96. The first-order valence-electron chi connectivity index (χ1n) is 5.69. The summed E-state index contributed by atoms with van der Waals surface area (Å²) in [6, 6.07) is 8.30. The number of rotatable bonds is 6. The molecule has 0 aliphatic rings. The molecular formula is C13H20O4. The van der Waals surface area contributed by atoms with E-state index >= 15 is 0 Å². The molecule has 0 saturated heterocycles. The number of carbonyl (C=O) groups is 1. The second-order valence-corrected chi connectivity index (χ2v) is 3.36. The molecule has 4 nitrogen and oxygen atoms in total. The summed E-state index contributed by atoms with van der Waals surface area (Å²) in [4.78, 5) is 10.2. The van der Waals surface area contributed by atoms with Crippen molar-refractivity contribution in [2.24, 2.45) is 0 Å². The van der Waals surface area contributed by atoms with Crippen LogP contribution in [0.1, 0.15) is 30.1 Å². The molecule has 0 aromatic heterocycles. The average molecular weight is 240 g/mol. The predicted octanol–water partition coefficient (Wildman–Crippen LogP) is 2.18. The van der Waals surface area contributed by atoms with Gasteiger partial charge in [0.25, 0.3) is 0 Å². The molecule has 0 saturated carbocycles. The van der Waals surface area contributed by atoms with Gasteiger partial charge in [-0.1, -0.05) is 31.5 Å². The Labute approximate surface area is 102 Å². The summed E-state index contributed by atoms with van der Waals surface area (Å²) in [5.41, 5.74) is 0.331. The Balaban J connectivity index is 0.000000304. The van der Waals surface area contributed by atoms with E-state index in [2.05, 4.69) is 6.92 Å². The monoisotopic (exact) mass is 240 g/mol. The molecule has 1 aromatic carbocycles. The molecule has 0 heterocycles. The lowest BCUT2D eigenvalue weighted by Gasteiger charge is -1.97. The van der Waals surface area contributed by atoms with E-state index in [4.69, 9.17) is 14.9 Å². The average Bonchev–Trinajstić information content (AvgIpc) is 2.37. The first-order chi connectivity index (χ1) is 8.22. The lowest BCUT2D eigenvalue weighted by Crippen LogP contribution is -1.99. The van der Waals surface area contributed by atoms with Gasteiger partial charge >= 0.3 is 5.97 Å². The van der Waals surface area contributed by atoms with Gasteiger partial charge in [-0.3, -0.25) is 0 Å². The van der Waals surface area contributed by atoms with Crippen molar-refractivity contribution in [2.75, 3.05) is 19.8 Å². The fourth-order valence-electron chi connectivity index (χ4n) is 0.994. The Morgan fingerprint density at radius 1 is 1.24 bits per heavy atom. The van der Waals surface area contributed by atoms with Gasteiger partial charge in [0.1, 0.15) is 0 Å². The van der Waals surface area contributed by atoms with Crippen molar-refractivity contribution in [1.29, 1.82) is 0 Å². The zero-order chi connectivity index (χ0) is 12.9. The molecule has 2 N–H and O–H groups in total. The van der Waals surface area contributed by atoms with Crippen LogP contribution in [0, 0.1) is 0 Å². The Bertz CT molecular complexity index is 279. The third-order valence-electron chi connectivity index (χ3n) is 1.90. The summed E-state index contributed by atoms with van der Waals surface area (Å²) in [6.07, 6.45) is 2.26. The number of hydrogen-bond acceptors (Lipinski definition) is 3. The largest absolute Gasteiger partial charge is 0.478 e. The van der Waals surface area contributed by atoms with E-state index in [1.54, 1.807) is 30.3 Å². The number of carboxylic acid groups (broad SMARTS) is 1. The van der Waals surface area contributed by atoms with Gasteiger partial charge in [-0.15, -0.1) is 0 Å². The molecule has 0 bridgehead atoms. The van der Waals surface area contributed by atoms with Crippen LogP contribution in [0.5, 0.6) is 0 Å². The van der Waals surface area contributed by atoms with Gasteiger partial charge in [0.2, 0.25) is 0 Å². The lowest BCUT2D eigenvalue weighted by atomic mass is 10.2. The van der Waals surface area contributed by atoms with E-state index in [9.17, 15) is 4.79 Å². The predicted molar refractivity (Wildman–Crippen MR) is 66.2 cm³/mol. The number of unbranched alkanes of at least 4 members (excludes halogenated alkanes) is 1. The van der Waals surface area contributed by atoms with Crippen LogP contribution in [-0.4, -0.2) is 36.0 Å². The standard InChI is InChI=1S/C7H6O2.C6H14O2/c8-7(9)6-4-2-1-3-5-6;1-2-3-5-8-6-4-7/h1-5H,(H,8,9);7H,2-6H2,1H3. The summed E-state index contributed by atoms with van der Waals surface area (Å²) < 4.78 is 4.97. The van der Waals surface area contributed by atoms with Crippen molar-refractivity contribution in [3.8, 4) is 0 Å². The molecule has 1 rings (SSSR count). The van der Waals surface area contributed by atoms with Gasteiger partial charge in [-0.2, -0.15) is 0 Å². The molecule has 0 atom stereocenters. The molecular weight excluding hydrogens is 220 g/mol. The van der Waals surface area contributed by atoms with Gasteiger partial charge < -0.3 is 14.9 Å². The molecule has 0 fully saturated rings. The highest BCUT2D eigenvalue weighted by molar-refractivity contribution is 5.87. The van der Waals surface area contributed by atoms with Crippen molar-refractivity contribution in [3.05, 3.63) is 35.9 Å². The van der Waals surface area contributed by atoms with Crippen LogP contribution in [0.2, 0.25) is 0 Å². The highest BCUT2D eigenvalue weighted by Crippen LogP contribution is 1.96. The van der Waals surface area contributed by atoms with E-state index in [-0.39, 0.29) is 6.61 Å². The number of ether oxygens (including phenoxy) is 1. The van der Waals surface area contributed by atoms with E-state index < -0.39 is 5.97 Å². The summed E-state index contributed by atoms with van der Waals surface area (Å²) >= 11 is 0. The molecule has 0 spiro atoms. The molecule has 1 aromatic rings. The molecule has 0 amide bonds. The second-order valence-electron chi connectivity index (χ2n) is 3.36. The minimum absolute atomic E-state index is 0.143. The second kappa shape index (κ2) is 11.1. The molecule has 0 unspecified atom stereocenters. The zero-order valence-corrected chi connectivity index (χ0v) is 10.1. The van der Waals surface area contributed by atoms with Crippen molar-refractivity contribution < 1.29 is 19.7 Å². The first-order valence-corrected chi connectivity index (χ1v) is 5.69. The number of hydrogen-bond donors (Lipinski definition) is 2. The summed E-state index contributed by atoms with van der Waals surface area (Å²) in [5.74, 6) is -0.879. The highest BCUT2D eigenvalue weighted by atomic mass is 16.5. The Kier molecular flexibility index (Phi) is 10.2. The van der Waals surface area contributed by atoms with Gasteiger partial charge in [0.05, 0.1) is 18.8 Å². The van der Waals surface area contributed by atoms with Crippen LogP contribution in [0.15, 0.2) is 30.3 Å². The van der Waals surface area contributed by atoms with E-state index in [1.807, 2.05) is 0 Å². The minimum atomic E-state index is -0.879. The fourth-order valence-corrected chi connectivity index (χ4v) is 0.994. The quantitative estimate of drug-likeness (QED) is 0.748. The van der Waals surface area contributed by atoms with E-state index in [1.165, 1.54) is 0 Å². The van der Waals surface area contributed by atoms with Crippen LogP contribution in [-0.2, 0) is 4.74 Å². The van der Waals surface area contributed by atoms with Crippen LogP contribution in [0.4, 0.5) is 0 Å². The number of aliphatic hydroxyl groups is 1. The third-order valence-corrected chi connectivity index (χ3v) is 1.90. The lowest BCUT2D eigenvalue weighted by molar-refractivity contribution is 0.0697. The van der Waals surface area contributed by atoms with Crippen LogP contribution in [0.3, 0.4) is 0 Å². The van der Waals surface area contributed by atoms with Gasteiger partial charge in [0.15, 0.2) is 0 Å². The maximum Gasteiger partial charge on any atom is 0.335 e. The number of benzene rings is 1.